The highest BCUT2D eigenvalue weighted by Gasteiger charge is 2.21. The molecule has 1 unspecified atom stereocenters. The minimum absolute atomic E-state index is 0.0565. The predicted molar refractivity (Wildman–Crippen MR) is 104 cm³/mol. The maximum Gasteiger partial charge on any atom is 0.243 e. The summed E-state index contributed by atoms with van der Waals surface area (Å²) in [5.74, 6) is -0.837. The van der Waals surface area contributed by atoms with E-state index >= 15 is 0 Å². The number of anilines is 1. The van der Waals surface area contributed by atoms with Crippen LogP contribution in [-0.2, 0) is 16.0 Å². The highest BCUT2D eigenvalue weighted by atomic mass is 32.2. The lowest BCUT2D eigenvalue weighted by atomic mass is 10.1. The van der Waals surface area contributed by atoms with Gasteiger partial charge in [0.05, 0.1) is 11.8 Å². The molecule has 0 heterocycles. The van der Waals surface area contributed by atoms with Crippen LogP contribution in [0.25, 0.3) is 0 Å². The molecule has 0 aliphatic rings. The molecule has 2 aromatic rings. The van der Waals surface area contributed by atoms with Crippen molar-refractivity contribution in [1.29, 1.82) is 0 Å². The molecule has 2 rings (SSSR count). The van der Waals surface area contributed by atoms with Gasteiger partial charge in [0.25, 0.3) is 0 Å². The van der Waals surface area contributed by atoms with Gasteiger partial charge >= 0.3 is 0 Å². The van der Waals surface area contributed by atoms with E-state index in [0.29, 0.717) is 4.90 Å². The number of nitrogens with zero attached hydrogens (tertiary/aromatic N) is 1. The van der Waals surface area contributed by atoms with Gasteiger partial charge < -0.3 is 10.2 Å². The van der Waals surface area contributed by atoms with Crippen LogP contribution in [0.4, 0.5) is 10.1 Å². The number of amides is 2. The number of rotatable bonds is 7. The highest BCUT2D eigenvalue weighted by Crippen LogP contribution is 2.26. The van der Waals surface area contributed by atoms with Gasteiger partial charge in [-0.15, -0.1) is 11.8 Å². The van der Waals surface area contributed by atoms with Gasteiger partial charge in [-0.3, -0.25) is 9.59 Å². The Morgan fingerprint density at radius 2 is 1.81 bits per heavy atom. The molecule has 0 fully saturated rings. The number of nitrogens with one attached hydrogen (secondary N) is 1. The Labute approximate surface area is 157 Å². The summed E-state index contributed by atoms with van der Waals surface area (Å²) >= 11 is 1.15. The SMILES string of the molecule is CCc1ccccc1NC(=O)CN(C)C(=O)C(C)Sc1ccccc1F. The number of carbonyl (C=O) groups excluding carboxylic acids is 2. The molecular weight excluding hydrogens is 351 g/mol. The molecule has 4 nitrogen and oxygen atoms in total. The van der Waals surface area contributed by atoms with Crippen molar-refractivity contribution >= 4 is 29.3 Å². The number of benzene rings is 2. The van der Waals surface area contributed by atoms with Crippen molar-refractivity contribution < 1.29 is 14.0 Å². The smallest absolute Gasteiger partial charge is 0.243 e. The van der Waals surface area contributed by atoms with Gasteiger partial charge in [0, 0.05) is 17.6 Å². The lowest BCUT2D eigenvalue weighted by molar-refractivity contribution is -0.132. The van der Waals surface area contributed by atoms with Gasteiger partial charge in [0.1, 0.15) is 5.82 Å². The first-order chi connectivity index (χ1) is 12.4. The molecule has 0 saturated carbocycles. The van der Waals surface area contributed by atoms with Crippen LogP contribution < -0.4 is 5.32 Å². The maximum atomic E-state index is 13.7. The summed E-state index contributed by atoms with van der Waals surface area (Å²) in [5, 5.41) is 2.35. The van der Waals surface area contributed by atoms with Crippen molar-refractivity contribution in [3.63, 3.8) is 0 Å². The topological polar surface area (TPSA) is 49.4 Å². The fraction of sp³-hybridized carbons (Fsp3) is 0.300. The van der Waals surface area contributed by atoms with Crippen LogP contribution in [0.1, 0.15) is 19.4 Å². The standard InChI is InChI=1S/C20H23FN2O2S/c1-4-15-9-5-7-11-17(15)22-19(24)13-23(3)20(25)14(2)26-18-12-8-6-10-16(18)21/h5-12,14H,4,13H2,1-3H3,(H,22,24). The van der Waals surface area contributed by atoms with Crippen LogP contribution >= 0.6 is 11.8 Å². The molecule has 0 saturated heterocycles. The molecule has 0 spiro atoms. The van der Waals surface area contributed by atoms with Crippen molar-refractivity contribution in [2.45, 2.75) is 30.4 Å². The van der Waals surface area contributed by atoms with Crippen LogP contribution in [-0.4, -0.2) is 35.6 Å². The molecule has 0 radical (unpaired) electrons. The summed E-state index contributed by atoms with van der Waals surface area (Å²) < 4.78 is 13.7. The zero-order valence-electron chi connectivity index (χ0n) is 15.2. The van der Waals surface area contributed by atoms with Crippen molar-refractivity contribution in [1.82, 2.24) is 4.90 Å². The molecule has 2 amide bonds. The second kappa shape index (κ2) is 9.38. The van der Waals surface area contributed by atoms with E-state index in [1.165, 1.54) is 11.0 Å². The van der Waals surface area contributed by atoms with Crippen molar-refractivity contribution in [2.24, 2.45) is 0 Å². The summed E-state index contributed by atoms with van der Waals surface area (Å²) in [6, 6.07) is 13.9. The Hall–Kier alpha value is -2.34. The number of aryl methyl sites for hydroxylation is 1. The summed E-state index contributed by atoms with van der Waals surface area (Å²) in [7, 11) is 1.58. The first-order valence-corrected chi connectivity index (χ1v) is 9.34. The fourth-order valence-corrected chi connectivity index (χ4v) is 3.52. The molecule has 0 bridgehead atoms. The molecule has 1 atom stereocenters. The summed E-state index contributed by atoms with van der Waals surface area (Å²) in [5.41, 5.74) is 1.80. The van der Waals surface area contributed by atoms with Gasteiger partial charge in [-0.25, -0.2) is 4.39 Å². The van der Waals surface area contributed by atoms with Crippen LogP contribution in [0.5, 0.6) is 0 Å². The number of carbonyl (C=O) groups is 2. The van der Waals surface area contributed by atoms with E-state index < -0.39 is 5.25 Å². The molecule has 26 heavy (non-hydrogen) atoms. The van der Waals surface area contributed by atoms with Crippen molar-refractivity contribution in [2.75, 3.05) is 18.9 Å². The number of hydrogen-bond donors (Lipinski definition) is 1. The predicted octanol–water partition coefficient (Wildman–Crippen LogP) is 3.97. The minimum Gasteiger partial charge on any atom is -0.335 e. The lowest BCUT2D eigenvalue weighted by Gasteiger charge is -2.21. The molecule has 0 aliphatic heterocycles. The number of para-hydroxylation sites is 1. The van der Waals surface area contributed by atoms with Gasteiger partial charge in [-0.05, 0) is 37.1 Å². The number of halogens is 1. The van der Waals surface area contributed by atoms with E-state index in [1.54, 1.807) is 32.2 Å². The Morgan fingerprint density at radius 3 is 2.50 bits per heavy atom. The van der Waals surface area contributed by atoms with Crippen LogP contribution in [0.15, 0.2) is 53.4 Å². The van der Waals surface area contributed by atoms with Gasteiger partial charge in [0.15, 0.2) is 0 Å². The molecule has 6 heteroatoms. The minimum atomic E-state index is -0.493. The zero-order chi connectivity index (χ0) is 19.1. The average molecular weight is 374 g/mol. The third kappa shape index (κ3) is 5.33. The van der Waals surface area contributed by atoms with E-state index in [1.807, 2.05) is 31.2 Å². The van der Waals surface area contributed by atoms with Crippen LogP contribution in [0.3, 0.4) is 0 Å². The molecule has 1 N–H and O–H groups in total. The Morgan fingerprint density at radius 1 is 1.15 bits per heavy atom. The Bertz CT molecular complexity index is 782. The largest absolute Gasteiger partial charge is 0.335 e. The Balaban J connectivity index is 1.93. The number of likely N-dealkylation sites (N-methyl/N-ethyl adjacent to an activating group) is 1. The monoisotopic (exact) mass is 374 g/mol. The second-order valence-corrected chi connectivity index (χ2v) is 7.33. The number of thioether (sulfide) groups is 1. The molecule has 138 valence electrons. The van der Waals surface area contributed by atoms with Crippen LogP contribution in [0, 0.1) is 5.82 Å². The Kier molecular flexibility index (Phi) is 7.21. The summed E-state index contributed by atoms with van der Waals surface area (Å²) in [4.78, 5) is 26.5. The third-order valence-electron chi connectivity index (χ3n) is 3.92. The van der Waals surface area contributed by atoms with Gasteiger partial charge in [0.2, 0.25) is 11.8 Å². The highest BCUT2D eigenvalue weighted by molar-refractivity contribution is 8.00. The van der Waals surface area contributed by atoms with Crippen LogP contribution in [0.2, 0.25) is 0 Å². The summed E-state index contributed by atoms with van der Waals surface area (Å²) in [6.07, 6.45) is 0.807. The van der Waals surface area contributed by atoms with Gasteiger partial charge in [-0.2, -0.15) is 0 Å². The average Bonchev–Trinajstić information content (AvgIpc) is 2.63. The zero-order valence-corrected chi connectivity index (χ0v) is 16.0. The molecule has 0 aromatic heterocycles. The third-order valence-corrected chi connectivity index (χ3v) is 5.06. The lowest BCUT2D eigenvalue weighted by Crippen LogP contribution is -2.39. The van der Waals surface area contributed by atoms with E-state index in [2.05, 4.69) is 5.32 Å². The van der Waals surface area contributed by atoms with E-state index in [4.69, 9.17) is 0 Å². The summed E-state index contributed by atoms with van der Waals surface area (Å²) in [6.45, 7) is 3.67. The molecule has 2 aromatic carbocycles. The van der Waals surface area contributed by atoms with Crippen molar-refractivity contribution in [3.8, 4) is 0 Å². The number of hydrogen-bond acceptors (Lipinski definition) is 3. The fourth-order valence-electron chi connectivity index (χ4n) is 2.53. The molecular formula is C20H23FN2O2S. The first-order valence-electron chi connectivity index (χ1n) is 8.46. The maximum absolute atomic E-state index is 13.7. The quantitative estimate of drug-likeness (QED) is 0.746. The van der Waals surface area contributed by atoms with E-state index in [0.717, 1.165) is 29.4 Å². The second-order valence-electron chi connectivity index (χ2n) is 5.94. The normalized spacial score (nSPS) is 11.7. The van der Waals surface area contributed by atoms with E-state index in [-0.39, 0.29) is 24.2 Å². The van der Waals surface area contributed by atoms with E-state index in [9.17, 15) is 14.0 Å². The van der Waals surface area contributed by atoms with Gasteiger partial charge in [-0.1, -0.05) is 37.3 Å². The molecule has 0 aliphatic carbocycles. The first kappa shape index (κ1) is 20.0. The van der Waals surface area contributed by atoms with Crippen molar-refractivity contribution in [3.05, 3.63) is 59.9 Å².